The van der Waals surface area contributed by atoms with Crippen molar-refractivity contribution >= 4 is 9.84 Å². The van der Waals surface area contributed by atoms with Crippen molar-refractivity contribution < 1.29 is 13.2 Å². The van der Waals surface area contributed by atoms with Crippen LogP contribution in [-0.2, 0) is 21.6 Å². The van der Waals surface area contributed by atoms with Gasteiger partial charge in [-0.3, -0.25) is 4.68 Å². The Balaban J connectivity index is 1.66. The Kier molecular flexibility index (Phi) is 4.80. The highest BCUT2D eigenvalue weighted by Crippen LogP contribution is 2.37. The van der Waals surface area contributed by atoms with Gasteiger partial charge in [-0.1, -0.05) is 0 Å². The minimum Gasteiger partial charge on any atom is -0.373 e. The van der Waals surface area contributed by atoms with E-state index in [4.69, 9.17) is 4.74 Å². The zero-order valence-corrected chi connectivity index (χ0v) is 15.0. The fourth-order valence-electron chi connectivity index (χ4n) is 3.87. The first-order valence-electron chi connectivity index (χ1n) is 8.43. The topological polar surface area (TPSA) is 73.2 Å². The molecular weight excluding hydrogens is 314 g/mol. The minimum absolute atomic E-state index is 0.0661. The van der Waals surface area contributed by atoms with Gasteiger partial charge in [0.1, 0.15) is 0 Å². The quantitative estimate of drug-likeness (QED) is 0.893. The first-order chi connectivity index (χ1) is 10.9. The van der Waals surface area contributed by atoms with Gasteiger partial charge in [-0.05, 0) is 33.1 Å². The molecule has 3 rings (SSSR count). The largest absolute Gasteiger partial charge is 0.373 e. The van der Waals surface area contributed by atoms with Crippen molar-refractivity contribution in [1.82, 2.24) is 15.1 Å². The predicted octanol–water partition coefficient (Wildman–Crippen LogP) is 1.28. The molecule has 2 aliphatic heterocycles. The Morgan fingerprint density at radius 2 is 2.13 bits per heavy atom. The van der Waals surface area contributed by atoms with Crippen LogP contribution in [0.4, 0.5) is 0 Å². The van der Waals surface area contributed by atoms with Crippen LogP contribution in [0.3, 0.4) is 0 Å². The number of hydrogen-bond acceptors (Lipinski definition) is 5. The Morgan fingerprint density at radius 3 is 2.78 bits per heavy atom. The molecule has 0 bridgehead atoms. The van der Waals surface area contributed by atoms with Crippen molar-refractivity contribution in [2.75, 3.05) is 24.7 Å². The van der Waals surface area contributed by atoms with Gasteiger partial charge in [-0.2, -0.15) is 5.10 Å². The molecular formula is C16H27N3O3S. The maximum Gasteiger partial charge on any atom is 0.151 e. The lowest BCUT2D eigenvalue weighted by atomic mass is 9.93. The first-order valence-corrected chi connectivity index (χ1v) is 10.2. The van der Waals surface area contributed by atoms with Gasteiger partial charge in [0.15, 0.2) is 9.84 Å². The monoisotopic (exact) mass is 341 g/mol. The molecule has 3 atom stereocenters. The van der Waals surface area contributed by atoms with Crippen LogP contribution in [0.1, 0.15) is 42.3 Å². The van der Waals surface area contributed by atoms with Crippen LogP contribution in [0.25, 0.3) is 0 Å². The molecule has 1 aromatic heterocycles. The van der Waals surface area contributed by atoms with E-state index in [1.807, 2.05) is 18.7 Å². The van der Waals surface area contributed by atoms with Gasteiger partial charge >= 0.3 is 0 Å². The molecule has 1 N–H and O–H groups in total. The molecule has 2 aliphatic rings. The van der Waals surface area contributed by atoms with Crippen molar-refractivity contribution in [2.24, 2.45) is 13.0 Å². The predicted molar refractivity (Wildman–Crippen MR) is 89.2 cm³/mol. The maximum atomic E-state index is 11.8. The van der Waals surface area contributed by atoms with Crippen LogP contribution >= 0.6 is 0 Å². The van der Waals surface area contributed by atoms with Gasteiger partial charge in [0, 0.05) is 43.4 Å². The van der Waals surface area contributed by atoms with E-state index in [0.29, 0.717) is 11.7 Å². The molecule has 1 aromatic rings. The Morgan fingerprint density at radius 1 is 1.35 bits per heavy atom. The molecule has 7 heteroatoms. The highest BCUT2D eigenvalue weighted by atomic mass is 32.2. The van der Waals surface area contributed by atoms with E-state index in [9.17, 15) is 8.42 Å². The molecule has 0 aromatic carbocycles. The van der Waals surface area contributed by atoms with E-state index in [1.54, 1.807) is 0 Å². The zero-order valence-electron chi connectivity index (χ0n) is 14.2. The molecule has 0 aliphatic carbocycles. The highest BCUT2D eigenvalue weighted by Gasteiger charge is 2.34. The number of aryl methyl sites for hydroxylation is 2. The summed E-state index contributed by atoms with van der Waals surface area (Å²) in [5, 5.41) is 7.97. The fourth-order valence-corrected chi connectivity index (χ4v) is 5.54. The smallest absolute Gasteiger partial charge is 0.151 e. The third-order valence-electron chi connectivity index (χ3n) is 5.20. The second kappa shape index (κ2) is 6.53. The van der Waals surface area contributed by atoms with Crippen molar-refractivity contribution in [3.05, 3.63) is 17.0 Å². The first kappa shape index (κ1) is 16.9. The fraction of sp³-hybridized carbons (Fsp3) is 0.812. The maximum absolute atomic E-state index is 11.8. The standard InChI is InChI=1S/C16H27N3O3S/c1-11-15(12(2)19(3)18-11)16-13(6-7-22-16)9-17-14-5-4-8-23(20,21)10-14/h13-14,16-17H,4-10H2,1-3H3/t13-,14?,16+/m1/s1. The number of nitrogens with one attached hydrogen (secondary N) is 1. The number of rotatable bonds is 4. The molecule has 0 spiro atoms. The van der Waals surface area contributed by atoms with Crippen molar-refractivity contribution in [3.8, 4) is 0 Å². The van der Waals surface area contributed by atoms with Crippen molar-refractivity contribution in [1.29, 1.82) is 0 Å². The molecule has 0 amide bonds. The molecule has 0 radical (unpaired) electrons. The SMILES string of the molecule is Cc1nn(C)c(C)c1[C@H]1OCC[C@@H]1CNC1CCCS(=O)(=O)C1. The summed E-state index contributed by atoms with van der Waals surface area (Å²) in [6.45, 7) is 5.67. The molecule has 1 unspecified atom stereocenters. The molecule has 23 heavy (non-hydrogen) atoms. The van der Waals surface area contributed by atoms with E-state index in [-0.39, 0.29) is 17.9 Å². The zero-order chi connectivity index (χ0) is 16.6. The minimum atomic E-state index is -2.86. The summed E-state index contributed by atoms with van der Waals surface area (Å²) in [5.74, 6) is 0.992. The number of nitrogens with zero attached hydrogens (tertiary/aromatic N) is 2. The second-order valence-corrected chi connectivity index (χ2v) is 9.14. The van der Waals surface area contributed by atoms with Crippen LogP contribution in [0, 0.1) is 19.8 Å². The van der Waals surface area contributed by atoms with E-state index >= 15 is 0 Å². The number of sulfone groups is 1. The number of hydrogen-bond donors (Lipinski definition) is 1. The Bertz CT molecular complexity index is 668. The van der Waals surface area contributed by atoms with E-state index < -0.39 is 9.84 Å². The molecule has 0 saturated carbocycles. The van der Waals surface area contributed by atoms with E-state index in [1.165, 1.54) is 5.56 Å². The molecule has 2 saturated heterocycles. The number of ether oxygens (including phenoxy) is 1. The van der Waals surface area contributed by atoms with Crippen LogP contribution in [0.15, 0.2) is 0 Å². The Hall–Kier alpha value is -0.920. The highest BCUT2D eigenvalue weighted by molar-refractivity contribution is 7.91. The van der Waals surface area contributed by atoms with Gasteiger partial charge in [0.2, 0.25) is 0 Å². The summed E-state index contributed by atoms with van der Waals surface area (Å²) in [5.41, 5.74) is 3.38. The van der Waals surface area contributed by atoms with Gasteiger partial charge in [0.05, 0.1) is 23.3 Å². The summed E-state index contributed by atoms with van der Waals surface area (Å²) in [7, 11) is -0.901. The summed E-state index contributed by atoms with van der Waals surface area (Å²) in [4.78, 5) is 0. The lowest BCUT2D eigenvalue weighted by molar-refractivity contribution is 0.0888. The van der Waals surface area contributed by atoms with Gasteiger partial charge in [0.25, 0.3) is 0 Å². The lowest BCUT2D eigenvalue weighted by Gasteiger charge is -2.26. The van der Waals surface area contributed by atoms with Crippen LogP contribution in [0.5, 0.6) is 0 Å². The van der Waals surface area contributed by atoms with Crippen molar-refractivity contribution in [2.45, 2.75) is 45.3 Å². The summed E-state index contributed by atoms with van der Waals surface area (Å²) >= 11 is 0. The molecule has 2 fully saturated rings. The molecule has 6 nitrogen and oxygen atoms in total. The molecule has 3 heterocycles. The third kappa shape index (κ3) is 3.61. The van der Waals surface area contributed by atoms with E-state index in [2.05, 4.69) is 17.3 Å². The van der Waals surface area contributed by atoms with Gasteiger partial charge in [-0.15, -0.1) is 0 Å². The van der Waals surface area contributed by atoms with Crippen LogP contribution < -0.4 is 5.32 Å². The summed E-state index contributed by atoms with van der Waals surface area (Å²) < 4.78 is 31.4. The number of aromatic nitrogens is 2. The average Bonchev–Trinajstić information content (AvgIpc) is 3.01. The Labute approximate surface area is 138 Å². The normalized spacial score (nSPS) is 30.7. The summed E-state index contributed by atoms with van der Waals surface area (Å²) in [6, 6.07) is 0.0890. The van der Waals surface area contributed by atoms with E-state index in [0.717, 1.165) is 43.8 Å². The van der Waals surface area contributed by atoms with Gasteiger partial charge in [-0.25, -0.2) is 8.42 Å². The average molecular weight is 341 g/mol. The van der Waals surface area contributed by atoms with Crippen molar-refractivity contribution in [3.63, 3.8) is 0 Å². The van der Waals surface area contributed by atoms with Crippen LogP contribution in [-0.4, -0.2) is 48.9 Å². The molecule has 130 valence electrons. The summed E-state index contributed by atoms with van der Waals surface area (Å²) in [6.07, 6.45) is 2.79. The van der Waals surface area contributed by atoms with Gasteiger partial charge < -0.3 is 10.1 Å². The lowest BCUT2D eigenvalue weighted by Crippen LogP contribution is -2.42. The van der Waals surface area contributed by atoms with Crippen LogP contribution in [0.2, 0.25) is 0 Å². The second-order valence-electron chi connectivity index (χ2n) is 6.91. The third-order valence-corrected chi connectivity index (χ3v) is 7.02.